The van der Waals surface area contributed by atoms with Gasteiger partial charge in [-0.2, -0.15) is 0 Å². The van der Waals surface area contributed by atoms with E-state index in [0.717, 1.165) is 28.8 Å². The molecule has 3 aromatic rings. The molecule has 0 fully saturated rings. The first kappa shape index (κ1) is 24.7. The lowest BCUT2D eigenvalue weighted by molar-refractivity contribution is 0.601. The van der Waals surface area contributed by atoms with Crippen LogP contribution in [0.25, 0.3) is 0 Å². The van der Waals surface area contributed by atoms with Crippen molar-refractivity contribution >= 4 is 44.4 Å². The van der Waals surface area contributed by atoms with Gasteiger partial charge >= 0.3 is 0 Å². The van der Waals surface area contributed by atoms with E-state index >= 15 is 0 Å². The third-order valence-electron chi connectivity index (χ3n) is 5.37. The van der Waals surface area contributed by atoms with Gasteiger partial charge in [-0.1, -0.05) is 43.2 Å². The lowest BCUT2D eigenvalue weighted by atomic mass is 10.1. The van der Waals surface area contributed by atoms with E-state index in [1.807, 2.05) is 45.0 Å². The summed E-state index contributed by atoms with van der Waals surface area (Å²) in [5.74, 6) is 0. The maximum Gasteiger partial charge on any atom is 0.261 e. The fraction of sp³-hybridized carbons (Fsp3) is 0.269. The van der Waals surface area contributed by atoms with Crippen LogP contribution in [0.2, 0.25) is 0 Å². The van der Waals surface area contributed by atoms with Gasteiger partial charge in [0, 0.05) is 11.4 Å². The molecule has 3 aromatic carbocycles. The number of rotatable bonds is 8. The molecule has 7 heteroatoms. The zero-order chi connectivity index (χ0) is 24.0. The maximum atomic E-state index is 12.9. The monoisotopic (exact) mass is 481 g/mol. The van der Waals surface area contributed by atoms with Gasteiger partial charge in [0.25, 0.3) is 10.0 Å². The second-order valence-electron chi connectivity index (χ2n) is 8.28. The Bertz CT molecular complexity index is 1200. The average Bonchev–Trinajstić information content (AvgIpc) is 2.76. The second-order valence-corrected chi connectivity index (χ2v) is 10.4. The summed E-state index contributed by atoms with van der Waals surface area (Å²) >= 11 is 5.40. The molecule has 0 aromatic heterocycles. The van der Waals surface area contributed by atoms with Crippen molar-refractivity contribution in [2.75, 3.05) is 15.4 Å². The molecule has 5 nitrogen and oxygen atoms in total. The molecule has 3 rings (SSSR count). The minimum Gasteiger partial charge on any atom is -0.332 e. The first-order valence-corrected chi connectivity index (χ1v) is 12.9. The topological polar surface area (TPSA) is 70.2 Å². The first-order chi connectivity index (χ1) is 15.7. The second kappa shape index (κ2) is 10.8. The van der Waals surface area contributed by atoms with Crippen LogP contribution >= 0.6 is 12.2 Å². The number of unbranched alkanes of at least 4 members (excludes halogenated alkanes) is 1. The summed E-state index contributed by atoms with van der Waals surface area (Å²) in [7, 11) is -3.70. The summed E-state index contributed by atoms with van der Waals surface area (Å²) in [6, 6.07) is 18.7. The minimum absolute atomic E-state index is 0.189. The summed E-state index contributed by atoms with van der Waals surface area (Å²) in [5.41, 5.74) is 6.42. The molecule has 0 aliphatic carbocycles. The van der Waals surface area contributed by atoms with Crippen LogP contribution in [0.1, 0.15) is 42.0 Å². The van der Waals surface area contributed by atoms with Crippen molar-refractivity contribution in [3.8, 4) is 0 Å². The number of hydrogen-bond donors (Lipinski definition) is 3. The van der Waals surface area contributed by atoms with Gasteiger partial charge in [0.05, 0.1) is 10.6 Å². The standard InChI is InChI=1S/C26H31N3O2S2/c1-5-6-7-21-8-10-22(11-9-21)27-26(32)28-23-12-14-24(15-13-23)33(30,31)29-25-19(3)16-18(2)17-20(25)4/h8-17,29H,5-7H2,1-4H3,(H2,27,28,32). The molecular weight excluding hydrogens is 450 g/mol. The Balaban J connectivity index is 1.63. The predicted molar refractivity (Wildman–Crippen MR) is 143 cm³/mol. The molecule has 0 saturated carbocycles. The van der Waals surface area contributed by atoms with Crippen LogP contribution < -0.4 is 15.4 Å². The molecule has 3 N–H and O–H groups in total. The fourth-order valence-corrected chi connectivity index (χ4v) is 5.12. The zero-order valence-corrected chi connectivity index (χ0v) is 21.2. The lowest BCUT2D eigenvalue weighted by Crippen LogP contribution is -2.19. The van der Waals surface area contributed by atoms with Crippen LogP contribution in [0.5, 0.6) is 0 Å². The number of aryl methyl sites for hydroxylation is 4. The van der Waals surface area contributed by atoms with Crippen molar-refractivity contribution in [2.45, 2.75) is 51.9 Å². The van der Waals surface area contributed by atoms with E-state index in [2.05, 4.69) is 34.4 Å². The van der Waals surface area contributed by atoms with Gasteiger partial charge in [-0.15, -0.1) is 0 Å². The Kier molecular flexibility index (Phi) is 8.10. The van der Waals surface area contributed by atoms with Crippen molar-refractivity contribution in [1.29, 1.82) is 0 Å². The summed E-state index contributed by atoms with van der Waals surface area (Å²) < 4.78 is 28.5. The third-order valence-corrected chi connectivity index (χ3v) is 6.94. The molecule has 0 amide bonds. The molecule has 0 radical (unpaired) electrons. The molecule has 174 valence electrons. The lowest BCUT2D eigenvalue weighted by Gasteiger charge is -2.15. The number of benzene rings is 3. The van der Waals surface area contributed by atoms with E-state index in [4.69, 9.17) is 12.2 Å². The molecule has 33 heavy (non-hydrogen) atoms. The van der Waals surface area contributed by atoms with E-state index in [-0.39, 0.29) is 4.90 Å². The molecule has 0 heterocycles. The number of sulfonamides is 1. The highest BCUT2D eigenvalue weighted by Gasteiger charge is 2.17. The molecule has 0 saturated heterocycles. The Labute approximate surface area is 202 Å². The number of nitrogens with one attached hydrogen (secondary N) is 3. The van der Waals surface area contributed by atoms with Crippen molar-refractivity contribution < 1.29 is 8.42 Å². The van der Waals surface area contributed by atoms with E-state index < -0.39 is 10.0 Å². The first-order valence-electron chi connectivity index (χ1n) is 11.1. The molecule has 0 spiro atoms. The van der Waals surface area contributed by atoms with Gasteiger partial charge in [-0.25, -0.2) is 8.42 Å². The van der Waals surface area contributed by atoms with Gasteiger partial charge < -0.3 is 10.6 Å². The summed E-state index contributed by atoms with van der Waals surface area (Å²) in [6.45, 7) is 7.98. The van der Waals surface area contributed by atoms with Crippen LogP contribution in [0.3, 0.4) is 0 Å². The van der Waals surface area contributed by atoms with Crippen LogP contribution in [0.15, 0.2) is 65.6 Å². The quantitative estimate of drug-likeness (QED) is 0.318. The van der Waals surface area contributed by atoms with Crippen LogP contribution in [0, 0.1) is 20.8 Å². The van der Waals surface area contributed by atoms with E-state index in [9.17, 15) is 8.42 Å². The highest BCUT2D eigenvalue weighted by atomic mass is 32.2. The SMILES string of the molecule is CCCCc1ccc(NC(=S)Nc2ccc(S(=O)(=O)Nc3c(C)cc(C)cc3C)cc2)cc1. The third kappa shape index (κ3) is 6.79. The Morgan fingerprint density at radius 1 is 0.848 bits per heavy atom. The maximum absolute atomic E-state index is 12.9. The summed E-state index contributed by atoms with van der Waals surface area (Å²) in [5, 5.41) is 6.70. The summed E-state index contributed by atoms with van der Waals surface area (Å²) in [6.07, 6.45) is 3.43. The van der Waals surface area contributed by atoms with Gasteiger partial charge in [0.2, 0.25) is 0 Å². The van der Waals surface area contributed by atoms with E-state index in [1.54, 1.807) is 24.3 Å². The smallest absolute Gasteiger partial charge is 0.261 e. The molecule has 0 bridgehead atoms. The van der Waals surface area contributed by atoms with Crippen LogP contribution in [0.4, 0.5) is 17.1 Å². The Morgan fingerprint density at radius 2 is 1.36 bits per heavy atom. The molecule has 0 aliphatic heterocycles. The highest BCUT2D eigenvalue weighted by molar-refractivity contribution is 7.92. The van der Waals surface area contributed by atoms with Crippen molar-refractivity contribution in [2.24, 2.45) is 0 Å². The average molecular weight is 482 g/mol. The molecule has 0 unspecified atom stereocenters. The zero-order valence-electron chi connectivity index (χ0n) is 19.5. The van der Waals surface area contributed by atoms with E-state index in [1.165, 1.54) is 18.4 Å². The molecule has 0 atom stereocenters. The normalized spacial score (nSPS) is 11.2. The molecular formula is C26H31N3O2S2. The van der Waals surface area contributed by atoms with Gasteiger partial charge in [-0.05, 0) is 98.9 Å². The van der Waals surface area contributed by atoms with Crippen molar-refractivity contribution in [3.63, 3.8) is 0 Å². The van der Waals surface area contributed by atoms with Gasteiger partial charge in [0.1, 0.15) is 0 Å². The largest absolute Gasteiger partial charge is 0.332 e. The Hall–Kier alpha value is -2.90. The fourth-order valence-electron chi connectivity index (χ4n) is 3.68. The highest BCUT2D eigenvalue weighted by Crippen LogP contribution is 2.25. The number of anilines is 3. The number of thiocarbonyl (C=S) groups is 1. The van der Waals surface area contributed by atoms with Crippen LogP contribution in [-0.4, -0.2) is 13.5 Å². The predicted octanol–water partition coefficient (Wildman–Crippen LogP) is 6.56. The molecule has 0 aliphatic rings. The van der Waals surface area contributed by atoms with Crippen molar-refractivity contribution in [3.05, 3.63) is 82.9 Å². The minimum atomic E-state index is -3.70. The van der Waals surface area contributed by atoms with E-state index in [0.29, 0.717) is 16.5 Å². The Morgan fingerprint density at radius 3 is 1.88 bits per heavy atom. The number of hydrogen-bond acceptors (Lipinski definition) is 3. The van der Waals surface area contributed by atoms with Gasteiger partial charge in [0.15, 0.2) is 5.11 Å². The van der Waals surface area contributed by atoms with Crippen molar-refractivity contribution in [1.82, 2.24) is 0 Å². The van der Waals surface area contributed by atoms with Gasteiger partial charge in [-0.3, -0.25) is 4.72 Å². The van der Waals surface area contributed by atoms with Crippen LogP contribution in [-0.2, 0) is 16.4 Å². The summed E-state index contributed by atoms with van der Waals surface area (Å²) in [4.78, 5) is 0.189.